The molecule has 0 fully saturated rings. The number of aromatic nitrogens is 2. The van der Waals surface area contributed by atoms with Crippen LogP contribution in [0.25, 0.3) is 0 Å². The lowest BCUT2D eigenvalue weighted by Gasteiger charge is -2.09. The van der Waals surface area contributed by atoms with Gasteiger partial charge in [0.05, 0.1) is 11.1 Å². The third-order valence-corrected chi connectivity index (χ3v) is 4.57. The zero-order valence-electron chi connectivity index (χ0n) is 11.7. The van der Waals surface area contributed by atoms with Crippen LogP contribution in [0.1, 0.15) is 27.2 Å². The van der Waals surface area contributed by atoms with Crippen molar-refractivity contribution in [3.05, 3.63) is 46.8 Å². The highest BCUT2D eigenvalue weighted by Crippen LogP contribution is 2.16. The molecule has 21 heavy (non-hydrogen) atoms. The molecule has 0 aliphatic heterocycles. The van der Waals surface area contributed by atoms with E-state index < -0.39 is 15.9 Å². The maximum atomic E-state index is 12.2. The fraction of sp³-hybridized carbons (Fsp3) is 0.231. The second-order valence-corrected chi connectivity index (χ2v) is 6.45. The molecule has 1 aromatic carbocycles. The standard InChI is InChI=1S/C13H16N4O3S/c1-8-3-4-11(5-12(8)13(14)18)21(19,20)16-7-10-6-15-17-9(10)2/h3-6,16H,7H2,1-2H3,(H2,14,18)(H,15,17). The molecule has 0 saturated heterocycles. The molecule has 0 unspecified atom stereocenters. The van der Waals surface area contributed by atoms with Crippen LogP contribution in [0.15, 0.2) is 29.3 Å². The number of primary amides is 1. The summed E-state index contributed by atoms with van der Waals surface area (Å²) in [5.74, 6) is -0.657. The first-order chi connectivity index (χ1) is 9.81. The van der Waals surface area contributed by atoms with Gasteiger partial charge in [0.15, 0.2) is 0 Å². The second kappa shape index (κ2) is 5.66. The van der Waals surface area contributed by atoms with Gasteiger partial charge in [-0.05, 0) is 31.5 Å². The van der Waals surface area contributed by atoms with Crippen LogP contribution in [0.3, 0.4) is 0 Å². The lowest BCUT2D eigenvalue weighted by molar-refractivity contribution is 0.0999. The van der Waals surface area contributed by atoms with Gasteiger partial charge in [0.1, 0.15) is 0 Å². The molecule has 112 valence electrons. The zero-order valence-corrected chi connectivity index (χ0v) is 12.5. The largest absolute Gasteiger partial charge is 0.366 e. The first-order valence-corrected chi connectivity index (χ1v) is 7.68. The monoisotopic (exact) mass is 308 g/mol. The van der Waals surface area contributed by atoms with Crippen molar-refractivity contribution in [2.75, 3.05) is 0 Å². The van der Waals surface area contributed by atoms with Crippen LogP contribution >= 0.6 is 0 Å². The summed E-state index contributed by atoms with van der Waals surface area (Å²) in [7, 11) is -3.73. The summed E-state index contributed by atoms with van der Waals surface area (Å²) in [5.41, 5.74) is 7.60. The highest BCUT2D eigenvalue weighted by Gasteiger charge is 2.17. The lowest BCUT2D eigenvalue weighted by atomic mass is 10.1. The Labute approximate surface area is 122 Å². The Balaban J connectivity index is 2.26. The molecule has 0 radical (unpaired) electrons. The molecule has 1 aromatic heterocycles. The fourth-order valence-corrected chi connectivity index (χ4v) is 2.88. The van der Waals surface area contributed by atoms with E-state index in [0.717, 1.165) is 11.3 Å². The highest BCUT2D eigenvalue weighted by atomic mass is 32.2. The second-order valence-electron chi connectivity index (χ2n) is 4.69. The van der Waals surface area contributed by atoms with Crippen molar-refractivity contribution in [1.82, 2.24) is 14.9 Å². The van der Waals surface area contributed by atoms with Crippen molar-refractivity contribution in [1.29, 1.82) is 0 Å². The molecular weight excluding hydrogens is 292 g/mol. The minimum atomic E-state index is -3.73. The number of aryl methyl sites for hydroxylation is 2. The predicted molar refractivity (Wildman–Crippen MR) is 77.0 cm³/mol. The van der Waals surface area contributed by atoms with Gasteiger partial charge in [-0.1, -0.05) is 6.07 Å². The van der Waals surface area contributed by atoms with Gasteiger partial charge in [-0.25, -0.2) is 13.1 Å². The van der Waals surface area contributed by atoms with Crippen molar-refractivity contribution in [2.24, 2.45) is 5.73 Å². The summed E-state index contributed by atoms with van der Waals surface area (Å²) in [6.45, 7) is 3.61. The molecule has 0 atom stereocenters. The Bertz CT molecular complexity index is 780. The van der Waals surface area contributed by atoms with Crippen LogP contribution < -0.4 is 10.5 Å². The quantitative estimate of drug-likeness (QED) is 0.749. The van der Waals surface area contributed by atoms with Gasteiger partial charge < -0.3 is 5.73 Å². The molecule has 2 rings (SSSR count). The van der Waals surface area contributed by atoms with E-state index in [4.69, 9.17) is 5.73 Å². The van der Waals surface area contributed by atoms with E-state index in [-0.39, 0.29) is 17.0 Å². The van der Waals surface area contributed by atoms with E-state index in [0.29, 0.717) is 5.56 Å². The topological polar surface area (TPSA) is 118 Å². The number of hydrogen-bond donors (Lipinski definition) is 3. The van der Waals surface area contributed by atoms with E-state index in [2.05, 4.69) is 14.9 Å². The van der Waals surface area contributed by atoms with Gasteiger partial charge in [0, 0.05) is 23.4 Å². The number of rotatable bonds is 5. The number of carbonyl (C=O) groups is 1. The number of hydrogen-bond acceptors (Lipinski definition) is 4. The number of aromatic amines is 1. The molecule has 2 aromatic rings. The Kier molecular flexibility index (Phi) is 4.10. The molecule has 0 aliphatic rings. The lowest BCUT2D eigenvalue weighted by Crippen LogP contribution is -2.24. The van der Waals surface area contributed by atoms with Gasteiger partial charge in [-0.3, -0.25) is 9.89 Å². The van der Waals surface area contributed by atoms with Crippen molar-refractivity contribution in [3.8, 4) is 0 Å². The molecule has 0 aliphatic carbocycles. The Morgan fingerprint density at radius 1 is 1.38 bits per heavy atom. The van der Waals surface area contributed by atoms with Crippen LogP contribution in [0, 0.1) is 13.8 Å². The zero-order chi connectivity index (χ0) is 15.6. The summed E-state index contributed by atoms with van der Waals surface area (Å²) in [4.78, 5) is 11.3. The third kappa shape index (κ3) is 3.29. The number of carbonyl (C=O) groups excluding carboxylic acids is 1. The predicted octanol–water partition coefficient (Wildman–Crippen LogP) is 0.604. The molecule has 8 heteroatoms. The Hall–Kier alpha value is -2.19. The minimum Gasteiger partial charge on any atom is -0.366 e. The van der Waals surface area contributed by atoms with Crippen molar-refractivity contribution >= 4 is 15.9 Å². The van der Waals surface area contributed by atoms with E-state index in [1.54, 1.807) is 26.1 Å². The smallest absolute Gasteiger partial charge is 0.249 e. The van der Waals surface area contributed by atoms with Crippen LogP contribution in [-0.2, 0) is 16.6 Å². The van der Waals surface area contributed by atoms with Gasteiger partial charge in [0.2, 0.25) is 15.9 Å². The SMILES string of the molecule is Cc1ccc(S(=O)(=O)NCc2cn[nH]c2C)cc1C(N)=O. The molecule has 7 nitrogen and oxygen atoms in total. The molecule has 1 amide bonds. The Morgan fingerprint density at radius 2 is 2.10 bits per heavy atom. The molecule has 0 saturated carbocycles. The van der Waals surface area contributed by atoms with E-state index in [9.17, 15) is 13.2 Å². The summed E-state index contributed by atoms with van der Waals surface area (Å²) < 4.78 is 26.9. The number of nitrogens with two attached hydrogens (primary N) is 1. The number of sulfonamides is 1. The van der Waals surface area contributed by atoms with E-state index >= 15 is 0 Å². The summed E-state index contributed by atoms with van der Waals surface area (Å²) >= 11 is 0. The van der Waals surface area contributed by atoms with Crippen LogP contribution in [-0.4, -0.2) is 24.5 Å². The van der Waals surface area contributed by atoms with Crippen molar-refractivity contribution < 1.29 is 13.2 Å². The number of benzene rings is 1. The maximum Gasteiger partial charge on any atom is 0.249 e. The normalized spacial score (nSPS) is 11.5. The van der Waals surface area contributed by atoms with Gasteiger partial charge in [-0.15, -0.1) is 0 Å². The third-order valence-electron chi connectivity index (χ3n) is 3.17. The fourth-order valence-electron chi connectivity index (χ4n) is 1.84. The molecule has 0 bridgehead atoms. The highest BCUT2D eigenvalue weighted by molar-refractivity contribution is 7.89. The van der Waals surface area contributed by atoms with Crippen molar-refractivity contribution in [3.63, 3.8) is 0 Å². The van der Waals surface area contributed by atoms with Crippen LogP contribution in [0.2, 0.25) is 0 Å². The number of H-pyrrole nitrogens is 1. The average molecular weight is 308 g/mol. The number of nitrogens with zero attached hydrogens (tertiary/aromatic N) is 1. The molecular formula is C13H16N4O3S. The van der Waals surface area contributed by atoms with E-state index in [1.807, 2.05) is 0 Å². The summed E-state index contributed by atoms with van der Waals surface area (Å²) in [6, 6.07) is 4.27. The van der Waals surface area contributed by atoms with Crippen LogP contribution in [0.5, 0.6) is 0 Å². The summed E-state index contributed by atoms with van der Waals surface area (Å²) in [6.07, 6.45) is 1.56. The first kappa shape index (κ1) is 15.2. The number of amides is 1. The molecule has 1 heterocycles. The summed E-state index contributed by atoms with van der Waals surface area (Å²) in [5, 5.41) is 6.55. The maximum absolute atomic E-state index is 12.2. The van der Waals surface area contributed by atoms with Gasteiger partial charge in [0.25, 0.3) is 0 Å². The minimum absolute atomic E-state index is 0.00282. The Morgan fingerprint density at radius 3 is 2.67 bits per heavy atom. The molecule has 4 N–H and O–H groups in total. The number of nitrogens with one attached hydrogen (secondary N) is 2. The van der Waals surface area contributed by atoms with Gasteiger partial charge >= 0.3 is 0 Å². The van der Waals surface area contributed by atoms with Crippen molar-refractivity contribution in [2.45, 2.75) is 25.3 Å². The van der Waals surface area contributed by atoms with Gasteiger partial charge in [-0.2, -0.15) is 5.10 Å². The molecule has 0 spiro atoms. The van der Waals surface area contributed by atoms with Crippen LogP contribution in [0.4, 0.5) is 0 Å². The average Bonchev–Trinajstić information content (AvgIpc) is 2.82. The van der Waals surface area contributed by atoms with E-state index in [1.165, 1.54) is 12.1 Å². The first-order valence-electron chi connectivity index (χ1n) is 6.20.